The number of piperidine rings is 1. The summed E-state index contributed by atoms with van der Waals surface area (Å²) >= 11 is 0. The number of hydrogen-bond acceptors (Lipinski definition) is 4. The highest BCUT2D eigenvalue weighted by Gasteiger charge is 2.26. The quantitative estimate of drug-likeness (QED) is 0.905. The third kappa shape index (κ3) is 3.15. The van der Waals surface area contributed by atoms with Crippen LogP contribution in [0.15, 0.2) is 23.1 Å². The molecule has 1 aromatic rings. The highest BCUT2D eigenvalue weighted by molar-refractivity contribution is 7.89. The number of nitriles is 1. The van der Waals surface area contributed by atoms with Crippen molar-refractivity contribution in [3.05, 3.63) is 29.6 Å². The van der Waals surface area contributed by atoms with Crippen LogP contribution >= 0.6 is 0 Å². The highest BCUT2D eigenvalue weighted by Crippen LogP contribution is 2.19. The van der Waals surface area contributed by atoms with Crippen LogP contribution in [0.25, 0.3) is 0 Å². The van der Waals surface area contributed by atoms with E-state index in [9.17, 15) is 12.8 Å². The Morgan fingerprint density at radius 2 is 2.05 bits per heavy atom. The zero-order valence-corrected chi connectivity index (χ0v) is 12.0. The zero-order chi connectivity index (χ0) is 14.8. The van der Waals surface area contributed by atoms with Crippen molar-refractivity contribution in [2.75, 3.05) is 20.1 Å². The smallest absolute Gasteiger partial charge is 0.242 e. The van der Waals surface area contributed by atoms with E-state index in [4.69, 9.17) is 5.26 Å². The van der Waals surface area contributed by atoms with Crippen molar-refractivity contribution in [3.63, 3.8) is 0 Å². The average molecular weight is 297 g/mol. The molecule has 0 atom stereocenters. The zero-order valence-electron chi connectivity index (χ0n) is 11.1. The van der Waals surface area contributed by atoms with Crippen LogP contribution < -0.4 is 4.72 Å². The minimum atomic E-state index is -3.87. The molecule has 1 aromatic carbocycles. The molecule has 0 spiro atoms. The summed E-state index contributed by atoms with van der Waals surface area (Å²) < 4.78 is 40.6. The monoisotopic (exact) mass is 297 g/mol. The molecular weight excluding hydrogens is 281 g/mol. The molecule has 0 radical (unpaired) electrons. The van der Waals surface area contributed by atoms with Crippen molar-refractivity contribution in [2.24, 2.45) is 0 Å². The molecule has 108 valence electrons. The molecule has 1 saturated heterocycles. The summed E-state index contributed by atoms with van der Waals surface area (Å²) in [5, 5.41) is 8.91. The molecule has 0 saturated carbocycles. The first-order chi connectivity index (χ1) is 9.44. The van der Waals surface area contributed by atoms with Crippen LogP contribution in [-0.2, 0) is 10.0 Å². The number of halogens is 1. The molecular formula is C13H16FN3O2S. The van der Waals surface area contributed by atoms with Crippen molar-refractivity contribution in [2.45, 2.75) is 23.8 Å². The van der Waals surface area contributed by atoms with Crippen molar-refractivity contribution in [1.29, 1.82) is 5.26 Å². The number of benzene rings is 1. The first-order valence-corrected chi connectivity index (χ1v) is 7.82. The van der Waals surface area contributed by atoms with Gasteiger partial charge in [0.15, 0.2) is 0 Å². The van der Waals surface area contributed by atoms with Gasteiger partial charge in [0.25, 0.3) is 0 Å². The molecule has 0 unspecified atom stereocenters. The maximum absolute atomic E-state index is 13.5. The predicted molar refractivity (Wildman–Crippen MR) is 72.0 cm³/mol. The fraction of sp³-hybridized carbons (Fsp3) is 0.462. The molecule has 1 aliphatic heterocycles. The minimum Gasteiger partial charge on any atom is -0.306 e. The van der Waals surface area contributed by atoms with Crippen LogP contribution in [0.2, 0.25) is 0 Å². The summed E-state index contributed by atoms with van der Waals surface area (Å²) in [6, 6.07) is 5.05. The molecule has 1 fully saturated rings. The van der Waals surface area contributed by atoms with Gasteiger partial charge in [-0.15, -0.1) is 0 Å². The van der Waals surface area contributed by atoms with E-state index in [0.29, 0.717) is 12.8 Å². The van der Waals surface area contributed by atoms with Gasteiger partial charge in [0.2, 0.25) is 10.0 Å². The van der Waals surface area contributed by atoms with Crippen LogP contribution in [0.3, 0.4) is 0 Å². The molecule has 0 amide bonds. The van der Waals surface area contributed by atoms with E-state index in [-0.39, 0.29) is 10.9 Å². The molecule has 1 heterocycles. The van der Waals surface area contributed by atoms with Crippen LogP contribution in [-0.4, -0.2) is 39.5 Å². The molecule has 7 heteroatoms. The summed E-state index contributed by atoms with van der Waals surface area (Å²) in [6.07, 6.45) is 1.40. The topological polar surface area (TPSA) is 73.2 Å². The highest BCUT2D eigenvalue weighted by atomic mass is 32.2. The fourth-order valence-corrected chi connectivity index (χ4v) is 3.72. The molecule has 20 heavy (non-hydrogen) atoms. The Morgan fingerprint density at radius 3 is 2.65 bits per heavy atom. The van der Waals surface area contributed by atoms with Gasteiger partial charge in [-0.25, -0.2) is 17.5 Å². The van der Waals surface area contributed by atoms with Crippen molar-refractivity contribution >= 4 is 10.0 Å². The van der Waals surface area contributed by atoms with Gasteiger partial charge in [-0.05, 0) is 45.1 Å². The molecule has 1 aliphatic rings. The van der Waals surface area contributed by atoms with Gasteiger partial charge < -0.3 is 4.90 Å². The molecule has 5 nitrogen and oxygen atoms in total. The average Bonchev–Trinajstić information content (AvgIpc) is 2.41. The van der Waals surface area contributed by atoms with Crippen LogP contribution in [0, 0.1) is 17.1 Å². The lowest BCUT2D eigenvalue weighted by Gasteiger charge is -2.29. The fourth-order valence-electron chi connectivity index (χ4n) is 2.25. The second kappa shape index (κ2) is 5.87. The first-order valence-electron chi connectivity index (χ1n) is 6.33. The number of hydrogen-bond donors (Lipinski definition) is 1. The van der Waals surface area contributed by atoms with E-state index in [1.165, 1.54) is 12.1 Å². The Morgan fingerprint density at radius 1 is 1.40 bits per heavy atom. The van der Waals surface area contributed by atoms with Gasteiger partial charge in [-0.3, -0.25) is 0 Å². The summed E-state index contributed by atoms with van der Waals surface area (Å²) in [4.78, 5) is 1.83. The lowest BCUT2D eigenvalue weighted by atomic mass is 10.1. The van der Waals surface area contributed by atoms with Gasteiger partial charge in [-0.1, -0.05) is 6.07 Å². The second-order valence-corrected chi connectivity index (χ2v) is 6.61. The van der Waals surface area contributed by atoms with Crippen LogP contribution in [0.4, 0.5) is 4.39 Å². The van der Waals surface area contributed by atoms with Gasteiger partial charge in [0.05, 0.1) is 0 Å². The number of sulfonamides is 1. The molecule has 0 aromatic heterocycles. The van der Waals surface area contributed by atoms with E-state index in [1.54, 1.807) is 6.07 Å². The first kappa shape index (κ1) is 14.9. The number of likely N-dealkylation sites (tertiary alicyclic amines) is 1. The Labute approximate surface area is 118 Å². The molecule has 0 aliphatic carbocycles. The number of rotatable bonds is 3. The number of nitrogens with zero attached hydrogens (tertiary/aromatic N) is 2. The Kier molecular flexibility index (Phi) is 4.38. The number of nitrogens with one attached hydrogen (secondary N) is 1. The third-order valence-electron chi connectivity index (χ3n) is 3.42. The third-order valence-corrected chi connectivity index (χ3v) is 4.98. The molecule has 2 rings (SSSR count). The maximum atomic E-state index is 13.5. The van der Waals surface area contributed by atoms with Crippen molar-refractivity contribution in [1.82, 2.24) is 9.62 Å². The standard InChI is InChI=1S/C13H16FN3O2S/c1-17-7-5-10(6-8-17)16-20(18,19)13-4-2-3-12(14)11(13)9-15/h2-4,10,16H,5-8H2,1H3. The Bertz CT molecular complexity index is 632. The maximum Gasteiger partial charge on any atom is 0.242 e. The Balaban J connectivity index is 2.23. The summed E-state index contributed by atoms with van der Waals surface area (Å²) in [5.41, 5.74) is -0.437. The van der Waals surface area contributed by atoms with E-state index < -0.39 is 21.4 Å². The van der Waals surface area contributed by atoms with Crippen molar-refractivity contribution in [3.8, 4) is 6.07 Å². The van der Waals surface area contributed by atoms with E-state index in [0.717, 1.165) is 19.2 Å². The summed E-state index contributed by atoms with van der Waals surface area (Å²) in [5.74, 6) is -0.821. The molecule has 0 bridgehead atoms. The lowest BCUT2D eigenvalue weighted by molar-refractivity contribution is 0.248. The van der Waals surface area contributed by atoms with Gasteiger partial charge in [-0.2, -0.15) is 5.26 Å². The van der Waals surface area contributed by atoms with E-state index in [1.807, 2.05) is 7.05 Å². The van der Waals surface area contributed by atoms with Crippen LogP contribution in [0.1, 0.15) is 18.4 Å². The minimum absolute atomic E-state index is 0.175. The van der Waals surface area contributed by atoms with Crippen LogP contribution in [0.5, 0.6) is 0 Å². The normalized spacial score (nSPS) is 17.9. The van der Waals surface area contributed by atoms with Gasteiger partial charge in [0, 0.05) is 6.04 Å². The van der Waals surface area contributed by atoms with E-state index >= 15 is 0 Å². The van der Waals surface area contributed by atoms with E-state index in [2.05, 4.69) is 9.62 Å². The SMILES string of the molecule is CN1CCC(NS(=O)(=O)c2cccc(F)c2C#N)CC1. The summed E-state index contributed by atoms with van der Waals surface area (Å²) in [6.45, 7) is 1.61. The van der Waals surface area contributed by atoms with Gasteiger partial charge in [0.1, 0.15) is 22.3 Å². The van der Waals surface area contributed by atoms with Gasteiger partial charge >= 0.3 is 0 Å². The predicted octanol–water partition coefficient (Wildman–Crippen LogP) is 1.07. The Hall–Kier alpha value is -1.49. The largest absolute Gasteiger partial charge is 0.306 e. The lowest BCUT2D eigenvalue weighted by Crippen LogP contribution is -2.43. The second-order valence-electron chi connectivity index (χ2n) is 4.92. The van der Waals surface area contributed by atoms with Crippen molar-refractivity contribution < 1.29 is 12.8 Å². The molecule has 1 N–H and O–H groups in total. The summed E-state index contributed by atoms with van der Waals surface area (Å²) in [7, 11) is -1.90.